The van der Waals surface area contributed by atoms with Gasteiger partial charge in [0.25, 0.3) is 0 Å². The third kappa shape index (κ3) is 3.71. The Hall–Kier alpha value is -1.58. The van der Waals surface area contributed by atoms with Crippen LogP contribution in [-0.2, 0) is 10.0 Å². The van der Waals surface area contributed by atoms with Crippen LogP contribution >= 0.6 is 0 Å². The smallest absolute Gasteiger partial charge is 0.358 e. The fourth-order valence-corrected chi connectivity index (χ4v) is 3.09. The fourth-order valence-electron chi connectivity index (χ4n) is 2.09. The second-order valence-corrected chi connectivity index (χ2v) is 6.36. The topological polar surface area (TPSA) is 114 Å². The lowest BCUT2D eigenvalue weighted by Gasteiger charge is -2.10. The highest BCUT2D eigenvalue weighted by Crippen LogP contribution is 2.13. The van der Waals surface area contributed by atoms with Crippen molar-refractivity contribution in [1.82, 2.24) is 15.0 Å². The minimum atomic E-state index is -3.66. The zero-order chi connectivity index (χ0) is 14.6. The summed E-state index contributed by atoms with van der Waals surface area (Å²) in [6.45, 7) is 1.31. The average molecular weight is 300 g/mol. The van der Waals surface area contributed by atoms with Gasteiger partial charge in [-0.1, -0.05) is 0 Å². The van der Waals surface area contributed by atoms with Gasteiger partial charge in [0, 0.05) is 18.7 Å². The van der Waals surface area contributed by atoms with Gasteiger partial charge in [0.1, 0.15) is 4.90 Å². The molecule has 1 saturated heterocycles. The van der Waals surface area contributed by atoms with E-state index in [9.17, 15) is 18.5 Å². The van der Waals surface area contributed by atoms with Crippen molar-refractivity contribution in [2.75, 3.05) is 13.1 Å². The summed E-state index contributed by atoms with van der Waals surface area (Å²) in [5, 5.41) is 13.7. The molecule has 1 aliphatic rings. The monoisotopic (exact) mass is 300 g/mol. The molecule has 1 unspecified atom stereocenters. The minimum absolute atomic E-state index is 0.0671. The highest BCUT2D eigenvalue weighted by Gasteiger charge is 2.19. The van der Waals surface area contributed by atoms with E-state index in [-0.39, 0.29) is 10.7 Å². The third-order valence-corrected chi connectivity index (χ3v) is 4.61. The van der Waals surface area contributed by atoms with Crippen LogP contribution in [0.3, 0.4) is 0 Å². The molecule has 1 fully saturated rings. The SMILES string of the molecule is O=[N+]([O-])c1ccc(S(=O)(=O)NCCC2CCCN2)cn1. The molecule has 1 aromatic rings. The number of pyridine rings is 1. The molecule has 1 atom stereocenters. The number of aromatic nitrogens is 1. The number of sulfonamides is 1. The van der Waals surface area contributed by atoms with Gasteiger partial charge in [-0.15, -0.1) is 0 Å². The molecule has 2 N–H and O–H groups in total. The van der Waals surface area contributed by atoms with Gasteiger partial charge in [-0.2, -0.15) is 0 Å². The lowest BCUT2D eigenvalue weighted by atomic mass is 10.2. The zero-order valence-electron chi connectivity index (χ0n) is 10.8. The number of nitrogens with zero attached hydrogens (tertiary/aromatic N) is 2. The molecule has 2 rings (SSSR count). The predicted octanol–water partition coefficient (Wildman–Crippen LogP) is 0.410. The molecular formula is C11H16N4O4S. The quantitative estimate of drug-likeness (QED) is 0.581. The average Bonchev–Trinajstić information content (AvgIpc) is 2.92. The Kier molecular flexibility index (Phi) is 4.63. The van der Waals surface area contributed by atoms with E-state index >= 15 is 0 Å². The van der Waals surface area contributed by atoms with Crippen LogP contribution in [0.5, 0.6) is 0 Å². The first-order valence-corrected chi connectivity index (χ1v) is 7.81. The van der Waals surface area contributed by atoms with E-state index in [1.165, 1.54) is 6.07 Å². The molecule has 0 bridgehead atoms. The van der Waals surface area contributed by atoms with Crippen molar-refractivity contribution < 1.29 is 13.3 Å². The summed E-state index contributed by atoms with van der Waals surface area (Å²) in [5.41, 5.74) is 0. The Morgan fingerprint density at radius 2 is 2.30 bits per heavy atom. The molecule has 8 nitrogen and oxygen atoms in total. The Bertz CT molecular complexity index is 567. The van der Waals surface area contributed by atoms with Crippen LogP contribution in [-0.4, -0.2) is 37.5 Å². The Balaban J connectivity index is 1.93. The van der Waals surface area contributed by atoms with Gasteiger partial charge in [-0.3, -0.25) is 0 Å². The first kappa shape index (κ1) is 14.8. The van der Waals surface area contributed by atoms with Crippen LogP contribution in [0, 0.1) is 10.1 Å². The molecule has 0 spiro atoms. The minimum Gasteiger partial charge on any atom is -0.358 e. The maximum atomic E-state index is 11.9. The van der Waals surface area contributed by atoms with Crippen LogP contribution in [0.4, 0.5) is 5.82 Å². The van der Waals surface area contributed by atoms with Crippen molar-refractivity contribution in [2.24, 2.45) is 0 Å². The molecule has 9 heteroatoms. The number of rotatable bonds is 6. The third-order valence-electron chi connectivity index (χ3n) is 3.17. The fraction of sp³-hybridized carbons (Fsp3) is 0.545. The standard InChI is InChI=1S/C11H16N4O4S/c16-15(17)11-4-3-10(8-13-11)20(18,19)14-7-5-9-2-1-6-12-9/h3-4,8-9,12,14H,1-2,5-7H2. The van der Waals surface area contributed by atoms with E-state index in [1.54, 1.807) is 0 Å². The van der Waals surface area contributed by atoms with E-state index < -0.39 is 14.9 Å². The van der Waals surface area contributed by atoms with Gasteiger partial charge in [-0.25, -0.2) is 13.1 Å². The van der Waals surface area contributed by atoms with Crippen LogP contribution in [0.1, 0.15) is 19.3 Å². The second kappa shape index (κ2) is 6.25. The first-order chi connectivity index (χ1) is 9.49. The lowest BCUT2D eigenvalue weighted by Crippen LogP contribution is -2.30. The summed E-state index contributed by atoms with van der Waals surface area (Å²) in [5.74, 6) is -0.376. The maximum absolute atomic E-state index is 11.9. The van der Waals surface area contributed by atoms with Crippen LogP contribution in [0.15, 0.2) is 23.2 Å². The molecule has 2 heterocycles. The van der Waals surface area contributed by atoms with Crippen molar-refractivity contribution in [3.05, 3.63) is 28.4 Å². The Labute approximate surface area is 116 Å². The van der Waals surface area contributed by atoms with Crippen LogP contribution in [0.25, 0.3) is 0 Å². The van der Waals surface area contributed by atoms with Crippen molar-refractivity contribution in [1.29, 1.82) is 0 Å². The van der Waals surface area contributed by atoms with E-state index in [0.29, 0.717) is 12.6 Å². The van der Waals surface area contributed by atoms with Crippen molar-refractivity contribution >= 4 is 15.8 Å². The summed E-state index contributed by atoms with van der Waals surface area (Å²) >= 11 is 0. The van der Waals surface area contributed by atoms with E-state index in [2.05, 4.69) is 15.0 Å². The normalized spacial score (nSPS) is 19.1. The molecule has 0 radical (unpaired) electrons. The van der Waals surface area contributed by atoms with Crippen molar-refractivity contribution in [3.8, 4) is 0 Å². The van der Waals surface area contributed by atoms with E-state index in [4.69, 9.17) is 0 Å². The van der Waals surface area contributed by atoms with Gasteiger partial charge >= 0.3 is 5.82 Å². The predicted molar refractivity (Wildman–Crippen MR) is 71.7 cm³/mol. The number of hydrogen-bond acceptors (Lipinski definition) is 6. The highest BCUT2D eigenvalue weighted by molar-refractivity contribution is 7.89. The lowest BCUT2D eigenvalue weighted by molar-refractivity contribution is -0.389. The zero-order valence-corrected chi connectivity index (χ0v) is 11.6. The largest absolute Gasteiger partial charge is 0.363 e. The summed E-state index contributed by atoms with van der Waals surface area (Å²) in [7, 11) is -3.66. The summed E-state index contributed by atoms with van der Waals surface area (Å²) in [6, 6.07) is 2.61. The molecule has 0 amide bonds. The highest BCUT2D eigenvalue weighted by atomic mass is 32.2. The molecule has 20 heavy (non-hydrogen) atoms. The summed E-state index contributed by atoms with van der Waals surface area (Å²) < 4.78 is 26.4. The van der Waals surface area contributed by atoms with Gasteiger partial charge in [0.05, 0.1) is 0 Å². The van der Waals surface area contributed by atoms with Crippen molar-refractivity contribution in [2.45, 2.75) is 30.2 Å². The number of nitro groups is 1. The van der Waals surface area contributed by atoms with Crippen LogP contribution < -0.4 is 10.0 Å². The van der Waals surface area contributed by atoms with Gasteiger partial charge in [-0.05, 0) is 41.8 Å². The summed E-state index contributed by atoms with van der Waals surface area (Å²) in [4.78, 5) is 13.2. The maximum Gasteiger partial charge on any atom is 0.363 e. The molecule has 0 aromatic carbocycles. The molecule has 1 aromatic heterocycles. The molecule has 0 aliphatic carbocycles. The van der Waals surface area contributed by atoms with E-state index in [0.717, 1.165) is 38.1 Å². The summed E-state index contributed by atoms with van der Waals surface area (Å²) in [6.07, 6.45) is 3.89. The van der Waals surface area contributed by atoms with Crippen LogP contribution in [0.2, 0.25) is 0 Å². The number of nitrogens with one attached hydrogen (secondary N) is 2. The molecular weight excluding hydrogens is 284 g/mol. The Morgan fingerprint density at radius 1 is 1.50 bits per heavy atom. The Morgan fingerprint density at radius 3 is 2.85 bits per heavy atom. The number of hydrogen-bond donors (Lipinski definition) is 2. The van der Waals surface area contributed by atoms with Gasteiger partial charge in [0.2, 0.25) is 10.0 Å². The van der Waals surface area contributed by atoms with E-state index in [1.807, 2.05) is 0 Å². The second-order valence-electron chi connectivity index (χ2n) is 4.59. The molecule has 110 valence electrons. The first-order valence-electron chi connectivity index (χ1n) is 6.32. The molecule has 0 saturated carbocycles. The van der Waals surface area contributed by atoms with Gasteiger partial charge < -0.3 is 15.4 Å². The molecule has 1 aliphatic heterocycles. The van der Waals surface area contributed by atoms with Gasteiger partial charge in [0.15, 0.2) is 6.20 Å². The van der Waals surface area contributed by atoms with Crippen molar-refractivity contribution in [3.63, 3.8) is 0 Å².